The van der Waals surface area contributed by atoms with Gasteiger partial charge in [-0.05, 0) is 26.3 Å². The van der Waals surface area contributed by atoms with Gasteiger partial charge in [-0.15, -0.1) is 0 Å². The fraction of sp³-hybridized carbons (Fsp3) is 0.500. The maximum atomic E-state index is 12.6. The van der Waals surface area contributed by atoms with Gasteiger partial charge >= 0.3 is 5.97 Å². The minimum atomic E-state index is -1.21. The first-order valence-corrected chi connectivity index (χ1v) is 8.14. The van der Waals surface area contributed by atoms with Gasteiger partial charge in [0.05, 0.1) is 18.4 Å². The Kier molecular flexibility index (Phi) is 3.95. The van der Waals surface area contributed by atoms with Crippen LogP contribution in [-0.2, 0) is 19.1 Å². The van der Waals surface area contributed by atoms with E-state index in [0.29, 0.717) is 0 Å². The van der Waals surface area contributed by atoms with E-state index in [4.69, 9.17) is 4.74 Å². The van der Waals surface area contributed by atoms with Gasteiger partial charge in [-0.1, -0.05) is 29.8 Å². The number of hydrogen-bond donors (Lipinski definition) is 1. The number of nitrogens with one attached hydrogen (secondary N) is 1. The zero-order chi connectivity index (χ0) is 17.6. The molecule has 2 saturated heterocycles. The van der Waals surface area contributed by atoms with Crippen molar-refractivity contribution in [2.45, 2.75) is 32.4 Å². The lowest BCUT2D eigenvalue weighted by Crippen LogP contribution is -2.53. The van der Waals surface area contributed by atoms with Crippen LogP contribution in [-0.4, -0.2) is 41.9 Å². The molecular formula is C18H22N2O4. The number of nitrogens with zero attached hydrogens (tertiary/aromatic N) is 1. The second-order valence-corrected chi connectivity index (χ2v) is 6.69. The summed E-state index contributed by atoms with van der Waals surface area (Å²) in [7, 11) is 1.47. The van der Waals surface area contributed by atoms with Crippen LogP contribution in [0.5, 0.6) is 0 Å². The van der Waals surface area contributed by atoms with Crippen LogP contribution in [0.3, 0.4) is 0 Å². The third-order valence-electron chi connectivity index (χ3n) is 5.14. The third-order valence-corrected chi connectivity index (χ3v) is 5.14. The molecule has 0 saturated carbocycles. The van der Waals surface area contributed by atoms with E-state index in [2.05, 4.69) is 5.32 Å². The molecule has 0 spiro atoms. The molecule has 0 aliphatic carbocycles. The number of esters is 1. The molecule has 1 aromatic carbocycles. The number of amides is 2. The van der Waals surface area contributed by atoms with E-state index in [1.165, 1.54) is 7.05 Å². The van der Waals surface area contributed by atoms with Crippen LogP contribution in [0.2, 0.25) is 0 Å². The van der Waals surface area contributed by atoms with Crippen LogP contribution in [0.25, 0.3) is 0 Å². The summed E-state index contributed by atoms with van der Waals surface area (Å²) in [6.07, 6.45) is 0. The van der Waals surface area contributed by atoms with Crippen molar-refractivity contribution in [3.8, 4) is 0 Å². The van der Waals surface area contributed by atoms with E-state index >= 15 is 0 Å². The molecule has 6 nitrogen and oxygen atoms in total. The van der Waals surface area contributed by atoms with E-state index in [1.54, 1.807) is 13.8 Å². The fourth-order valence-electron chi connectivity index (χ4n) is 3.81. The quantitative estimate of drug-likeness (QED) is 0.665. The molecule has 2 fully saturated rings. The number of likely N-dealkylation sites (tertiary alicyclic amines) is 1. The predicted molar refractivity (Wildman–Crippen MR) is 86.9 cm³/mol. The van der Waals surface area contributed by atoms with Crippen LogP contribution in [0.1, 0.15) is 31.0 Å². The first-order chi connectivity index (χ1) is 11.3. The zero-order valence-electron chi connectivity index (χ0n) is 14.3. The monoisotopic (exact) mass is 330 g/mol. The number of hydrogen-bond acceptors (Lipinski definition) is 5. The zero-order valence-corrected chi connectivity index (χ0v) is 14.3. The van der Waals surface area contributed by atoms with E-state index < -0.39 is 29.4 Å². The van der Waals surface area contributed by atoms with Gasteiger partial charge in [-0.3, -0.25) is 24.6 Å². The Hall–Kier alpha value is -2.21. The SMILES string of the molecule is CCOC(=O)[C@@]1(C)N[C@@H](c2ccc(C)cc2)[C@H]2C(=O)N(C)C(=O)[C@@H]21. The number of rotatable bonds is 3. The third kappa shape index (κ3) is 2.24. The number of imide groups is 1. The maximum Gasteiger partial charge on any atom is 0.326 e. The molecule has 0 radical (unpaired) electrons. The fourth-order valence-corrected chi connectivity index (χ4v) is 3.81. The van der Waals surface area contributed by atoms with Gasteiger partial charge in [-0.2, -0.15) is 0 Å². The Balaban J connectivity index is 2.06. The average molecular weight is 330 g/mol. The predicted octanol–water partition coefficient (Wildman–Crippen LogP) is 1.19. The second kappa shape index (κ2) is 5.70. The topological polar surface area (TPSA) is 75.7 Å². The number of ether oxygens (including phenoxy) is 1. The molecule has 0 bridgehead atoms. The highest BCUT2D eigenvalue weighted by Crippen LogP contribution is 2.48. The number of benzene rings is 1. The summed E-state index contributed by atoms with van der Waals surface area (Å²) in [6.45, 7) is 5.58. The first kappa shape index (κ1) is 16.6. The maximum absolute atomic E-state index is 12.6. The van der Waals surface area contributed by atoms with Crippen LogP contribution < -0.4 is 5.32 Å². The largest absolute Gasteiger partial charge is 0.465 e. The molecule has 2 amide bonds. The van der Waals surface area contributed by atoms with Crippen molar-refractivity contribution in [1.82, 2.24) is 10.2 Å². The van der Waals surface area contributed by atoms with Crippen molar-refractivity contribution in [2.24, 2.45) is 11.8 Å². The van der Waals surface area contributed by atoms with Gasteiger partial charge < -0.3 is 4.74 Å². The molecule has 0 unspecified atom stereocenters. The summed E-state index contributed by atoms with van der Waals surface area (Å²) in [4.78, 5) is 38.9. The molecule has 1 N–H and O–H groups in total. The van der Waals surface area contributed by atoms with Crippen LogP contribution in [0, 0.1) is 18.8 Å². The molecule has 2 aliphatic rings. The highest BCUT2D eigenvalue weighted by atomic mass is 16.5. The van der Waals surface area contributed by atoms with E-state index in [-0.39, 0.29) is 18.4 Å². The Labute approximate surface area is 141 Å². The summed E-state index contributed by atoms with van der Waals surface area (Å²) in [6, 6.07) is 7.37. The molecule has 128 valence electrons. The minimum absolute atomic E-state index is 0.223. The summed E-state index contributed by atoms with van der Waals surface area (Å²) in [5.41, 5.74) is 0.778. The molecule has 6 heteroatoms. The summed E-state index contributed by atoms with van der Waals surface area (Å²) < 4.78 is 5.18. The Morgan fingerprint density at radius 1 is 1.25 bits per heavy atom. The molecule has 4 atom stereocenters. The van der Waals surface area contributed by atoms with Crippen LogP contribution in [0.4, 0.5) is 0 Å². The number of aryl methyl sites for hydroxylation is 1. The second-order valence-electron chi connectivity index (χ2n) is 6.69. The summed E-state index contributed by atoms with van der Waals surface area (Å²) in [5, 5.41) is 3.23. The van der Waals surface area contributed by atoms with E-state index in [9.17, 15) is 14.4 Å². The Bertz CT molecular complexity index is 699. The van der Waals surface area contributed by atoms with Gasteiger partial charge in [0.25, 0.3) is 0 Å². The van der Waals surface area contributed by atoms with Crippen molar-refractivity contribution in [2.75, 3.05) is 13.7 Å². The molecule has 0 aromatic heterocycles. The Morgan fingerprint density at radius 2 is 1.88 bits per heavy atom. The number of carbonyl (C=O) groups excluding carboxylic acids is 3. The van der Waals surface area contributed by atoms with Gasteiger partial charge in [0.15, 0.2) is 0 Å². The lowest BCUT2D eigenvalue weighted by atomic mass is 9.80. The highest BCUT2D eigenvalue weighted by Gasteiger charge is 2.66. The van der Waals surface area contributed by atoms with Gasteiger partial charge in [-0.25, -0.2) is 0 Å². The highest BCUT2D eigenvalue weighted by molar-refractivity contribution is 6.09. The van der Waals surface area contributed by atoms with Crippen molar-refractivity contribution in [1.29, 1.82) is 0 Å². The summed E-state index contributed by atoms with van der Waals surface area (Å²) >= 11 is 0. The normalized spacial score (nSPS) is 32.2. The van der Waals surface area contributed by atoms with Gasteiger partial charge in [0.2, 0.25) is 11.8 Å². The molecular weight excluding hydrogens is 308 g/mol. The van der Waals surface area contributed by atoms with Crippen LogP contribution >= 0.6 is 0 Å². The van der Waals surface area contributed by atoms with Crippen molar-refractivity contribution >= 4 is 17.8 Å². The lowest BCUT2D eigenvalue weighted by Gasteiger charge is -2.28. The minimum Gasteiger partial charge on any atom is -0.465 e. The first-order valence-electron chi connectivity index (χ1n) is 8.14. The molecule has 2 heterocycles. The molecule has 3 rings (SSSR count). The lowest BCUT2D eigenvalue weighted by molar-refractivity contribution is -0.155. The van der Waals surface area contributed by atoms with Crippen molar-refractivity contribution < 1.29 is 19.1 Å². The molecule has 1 aromatic rings. The average Bonchev–Trinajstić information content (AvgIpc) is 2.99. The van der Waals surface area contributed by atoms with Gasteiger partial charge in [0, 0.05) is 13.1 Å². The molecule has 24 heavy (non-hydrogen) atoms. The number of fused-ring (bicyclic) bond motifs is 1. The van der Waals surface area contributed by atoms with Crippen molar-refractivity contribution in [3.63, 3.8) is 0 Å². The van der Waals surface area contributed by atoms with Gasteiger partial charge in [0.1, 0.15) is 5.54 Å². The van der Waals surface area contributed by atoms with E-state index in [1.807, 2.05) is 31.2 Å². The number of carbonyl (C=O) groups is 3. The van der Waals surface area contributed by atoms with Crippen molar-refractivity contribution in [3.05, 3.63) is 35.4 Å². The summed E-state index contributed by atoms with van der Waals surface area (Å²) in [5.74, 6) is -2.43. The Morgan fingerprint density at radius 3 is 2.46 bits per heavy atom. The molecule has 2 aliphatic heterocycles. The van der Waals surface area contributed by atoms with E-state index in [0.717, 1.165) is 16.0 Å². The smallest absolute Gasteiger partial charge is 0.326 e. The standard InChI is InChI=1S/C18H22N2O4/c1-5-24-17(23)18(3)13-12(15(21)20(4)16(13)22)14(19-18)11-8-6-10(2)7-9-11/h6-9,12-14,19H,5H2,1-4H3/t12-,13+,14-,18-/m0/s1. The van der Waals surface area contributed by atoms with Crippen LogP contribution in [0.15, 0.2) is 24.3 Å².